The van der Waals surface area contributed by atoms with Crippen LogP contribution in [-0.4, -0.2) is 147 Å². The van der Waals surface area contributed by atoms with Crippen LogP contribution in [0.3, 0.4) is 0 Å². The first-order valence-corrected chi connectivity index (χ1v) is 28.0. The van der Waals surface area contributed by atoms with Crippen molar-refractivity contribution in [3.8, 4) is 0 Å². The predicted octanol–water partition coefficient (Wildman–Crippen LogP) is 9.52. The third-order valence-electron chi connectivity index (χ3n) is 15.4. The van der Waals surface area contributed by atoms with E-state index in [2.05, 4.69) is 77.3 Å². The second kappa shape index (κ2) is 29.8. The summed E-state index contributed by atoms with van der Waals surface area (Å²) in [7, 11) is 3.21. The molecule has 0 aromatic heterocycles. The number of rotatable bonds is 8. The van der Waals surface area contributed by atoms with Crippen molar-refractivity contribution in [1.29, 1.82) is 0 Å². The van der Waals surface area contributed by atoms with Crippen molar-refractivity contribution in [3.63, 3.8) is 0 Å². The molecule has 420 valence electrons. The van der Waals surface area contributed by atoms with Crippen LogP contribution in [0.4, 0.5) is 0 Å². The van der Waals surface area contributed by atoms with E-state index >= 15 is 0 Å². The number of aliphatic hydroxyl groups excluding tert-OH is 2. The van der Waals surface area contributed by atoms with Gasteiger partial charge in [0.1, 0.15) is 36.6 Å². The number of methoxy groups -OCH3 is 2. The van der Waals surface area contributed by atoms with Gasteiger partial charge in [-0.05, 0) is 103 Å². The second-order valence-electron chi connectivity index (χ2n) is 22.5. The number of epoxide rings is 2. The fourth-order valence-electron chi connectivity index (χ4n) is 11.3. The molecule has 2 saturated heterocycles. The van der Waals surface area contributed by atoms with Crippen molar-refractivity contribution in [3.05, 3.63) is 121 Å². The molecule has 76 heavy (non-hydrogen) atoms. The summed E-state index contributed by atoms with van der Waals surface area (Å²) in [4.78, 5) is 25.6. The van der Waals surface area contributed by atoms with E-state index in [-0.39, 0.29) is 61.0 Å². The lowest BCUT2D eigenvalue weighted by atomic mass is 9.91. The lowest BCUT2D eigenvalue weighted by Crippen LogP contribution is -2.34. The molecule has 8 aliphatic rings. The summed E-state index contributed by atoms with van der Waals surface area (Å²) in [6, 6.07) is 0. The minimum Gasteiger partial charge on any atom is -0.456 e. The van der Waals surface area contributed by atoms with Crippen LogP contribution in [0.15, 0.2) is 121 Å². The average Bonchev–Trinajstić information content (AvgIpc) is 4.32. The first kappa shape index (κ1) is 59.6. The largest absolute Gasteiger partial charge is 0.456 e. The van der Waals surface area contributed by atoms with E-state index in [4.69, 9.17) is 47.4 Å². The molecule has 4 bridgehead atoms. The summed E-state index contributed by atoms with van der Waals surface area (Å²) in [6.45, 7) is 18.2. The van der Waals surface area contributed by atoms with E-state index < -0.39 is 48.6 Å². The monoisotopic (exact) mass is 1060 g/mol. The Hall–Kier alpha value is -4.06. The summed E-state index contributed by atoms with van der Waals surface area (Å²) in [5.41, 5.74) is 4.61. The molecule has 0 aromatic carbocycles. The third-order valence-corrected chi connectivity index (χ3v) is 15.4. The summed E-state index contributed by atoms with van der Waals surface area (Å²) in [5, 5.41) is 21.7. The molecule has 14 nitrogen and oxygen atoms in total. The molecule has 2 fully saturated rings. The van der Waals surface area contributed by atoms with E-state index in [0.29, 0.717) is 63.6 Å². The van der Waals surface area contributed by atoms with Gasteiger partial charge in [-0.15, -0.1) is 0 Å². The second-order valence-corrected chi connectivity index (χ2v) is 22.5. The molecular weight excluding hydrogens is 969 g/mol. The van der Waals surface area contributed by atoms with Crippen molar-refractivity contribution in [2.24, 2.45) is 11.8 Å². The number of carbonyl (C=O) groups is 2. The summed E-state index contributed by atoms with van der Waals surface area (Å²) in [5.74, 6) is -0.0675. The third kappa shape index (κ3) is 19.7. The Labute approximate surface area is 452 Å². The maximum Gasteiger partial charge on any atom is 0.330 e. The van der Waals surface area contributed by atoms with Crippen molar-refractivity contribution in [2.45, 2.75) is 215 Å². The van der Waals surface area contributed by atoms with Gasteiger partial charge in [-0.1, -0.05) is 122 Å². The molecule has 8 heterocycles. The number of esters is 2. The Balaban J connectivity index is 0.000000221. The zero-order chi connectivity index (χ0) is 54.1. The van der Waals surface area contributed by atoms with Crippen molar-refractivity contribution >= 4 is 11.9 Å². The van der Waals surface area contributed by atoms with Crippen molar-refractivity contribution in [1.82, 2.24) is 0 Å². The molecule has 8 rings (SSSR count). The van der Waals surface area contributed by atoms with Gasteiger partial charge in [0.15, 0.2) is 0 Å². The summed E-state index contributed by atoms with van der Waals surface area (Å²) >= 11 is 0. The maximum absolute atomic E-state index is 12.8. The Morgan fingerprint density at radius 3 is 1.39 bits per heavy atom. The standard InChI is InChI=1S/2C31H44O7/c2*1-20-13-14-35-24(16-20)11-12-27(34-4)28-19-29-31(38-29)26(32)18-22(3)15-21(2)17-25-9-5-7-23(36-25)8-6-10-30(33)37-28/h2*5-7,10-13,21,23-29,31-32H,3,8-9,14-19H2,1-2,4H3/b2*10-6-,12-11+/t21-,23-,24?,25-,26?,27?,28?,29?,31?;21-,23-,24?,25-,26-,27-,28-,29?,31?/m00/s1. The van der Waals surface area contributed by atoms with Crippen LogP contribution < -0.4 is 0 Å². The first-order chi connectivity index (χ1) is 36.6. The maximum atomic E-state index is 12.8. The smallest absolute Gasteiger partial charge is 0.330 e. The highest BCUT2D eigenvalue weighted by atomic mass is 16.6. The zero-order valence-corrected chi connectivity index (χ0v) is 46.0. The van der Waals surface area contributed by atoms with Gasteiger partial charge < -0.3 is 57.6 Å². The van der Waals surface area contributed by atoms with Crippen LogP contribution in [-0.2, 0) is 57.0 Å². The average molecular weight is 1060 g/mol. The van der Waals surface area contributed by atoms with Crippen LogP contribution in [0.25, 0.3) is 0 Å². The van der Waals surface area contributed by atoms with Gasteiger partial charge in [-0.2, -0.15) is 0 Å². The van der Waals surface area contributed by atoms with E-state index in [1.807, 2.05) is 36.5 Å². The molecule has 18 atom stereocenters. The normalized spacial score (nSPS) is 38.9. The highest BCUT2D eigenvalue weighted by Gasteiger charge is 2.48. The number of hydrogen-bond acceptors (Lipinski definition) is 14. The highest BCUT2D eigenvalue weighted by Crippen LogP contribution is 2.37. The molecule has 14 heteroatoms. The molecule has 0 aromatic rings. The van der Waals surface area contributed by atoms with Crippen molar-refractivity contribution < 1.29 is 67.2 Å². The Bertz CT molecular complexity index is 2020. The number of cyclic esters (lactones) is 2. The zero-order valence-electron chi connectivity index (χ0n) is 46.0. The Morgan fingerprint density at radius 1 is 0.579 bits per heavy atom. The topological polar surface area (TPSA) is 174 Å². The number of carbonyl (C=O) groups excluding carboxylic acids is 2. The van der Waals surface area contributed by atoms with Gasteiger partial charge in [0.05, 0.1) is 74.3 Å². The van der Waals surface area contributed by atoms with Gasteiger partial charge >= 0.3 is 11.9 Å². The summed E-state index contributed by atoms with van der Waals surface area (Å²) < 4.78 is 59.1. The van der Waals surface area contributed by atoms with Crippen LogP contribution in [0, 0.1) is 11.8 Å². The summed E-state index contributed by atoms with van der Waals surface area (Å²) in [6.07, 6.45) is 32.6. The molecule has 2 N–H and O–H groups in total. The molecule has 0 spiro atoms. The molecule has 0 aliphatic carbocycles. The lowest BCUT2D eigenvalue weighted by Gasteiger charge is -2.28. The van der Waals surface area contributed by atoms with Crippen LogP contribution >= 0.6 is 0 Å². The number of fused-ring (bicyclic) bond motifs is 6. The minimum atomic E-state index is -0.644. The molecule has 8 aliphatic heterocycles. The van der Waals surface area contributed by atoms with Gasteiger partial charge in [-0.3, -0.25) is 0 Å². The lowest BCUT2D eigenvalue weighted by molar-refractivity contribution is -0.149. The molecule has 0 radical (unpaired) electrons. The molecule has 9 unspecified atom stereocenters. The predicted molar refractivity (Wildman–Crippen MR) is 291 cm³/mol. The first-order valence-electron chi connectivity index (χ1n) is 28.0. The van der Waals surface area contributed by atoms with Gasteiger partial charge in [0.25, 0.3) is 0 Å². The number of aliphatic hydroxyl groups is 2. The van der Waals surface area contributed by atoms with Gasteiger partial charge in [0.2, 0.25) is 0 Å². The number of hydrogen-bond donors (Lipinski definition) is 2. The van der Waals surface area contributed by atoms with Crippen LogP contribution in [0.2, 0.25) is 0 Å². The van der Waals surface area contributed by atoms with Crippen molar-refractivity contribution in [2.75, 3.05) is 27.4 Å². The SMILES string of the molecule is C=C1CC(O)C2OC2CC(C(/C=C/C2CC(C)=CCO2)OC)OC(=O)/C=C\C[C@@H]2C=CC[C@@H](C[C@@H](C)C1)O2.C=C1C[C@H](C)C[C@@H]2CC=C[C@@H](C/C=C\C(=O)O[C@H]([C@H](/C=C/C3CC(C)=CCO3)OC)CC3OC3[C@@H](O)C1)O2. The molecule has 0 amide bonds. The fourth-order valence-corrected chi connectivity index (χ4v) is 11.3. The van der Waals surface area contributed by atoms with Gasteiger partial charge in [0, 0.05) is 39.2 Å². The molecular formula is C62H88O14. The Morgan fingerprint density at radius 2 is 1.00 bits per heavy atom. The molecule has 0 saturated carbocycles. The van der Waals surface area contributed by atoms with E-state index in [0.717, 1.165) is 62.5 Å². The van der Waals surface area contributed by atoms with Crippen LogP contribution in [0.1, 0.15) is 118 Å². The fraction of sp³-hybridized carbons (Fsp3) is 0.645. The quantitative estimate of drug-likeness (QED) is 0.134. The minimum absolute atomic E-state index is 0.0417. The van der Waals surface area contributed by atoms with Crippen LogP contribution in [0.5, 0.6) is 0 Å². The van der Waals surface area contributed by atoms with Gasteiger partial charge in [-0.25, -0.2) is 9.59 Å². The Kier molecular flexibility index (Phi) is 23.4. The van der Waals surface area contributed by atoms with E-state index in [1.165, 1.54) is 23.3 Å². The highest BCUT2D eigenvalue weighted by molar-refractivity contribution is 5.82. The number of ether oxygens (including phenoxy) is 10. The van der Waals surface area contributed by atoms with E-state index in [9.17, 15) is 19.8 Å². The van der Waals surface area contributed by atoms with E-state index in [1.54, 1.807) is 14.2 Å².